The molecular weight excluding hydrogens is 457 g/mol. The number of anilines is 1. The summed E-state index contributed by atoms with van der Waals surface area (Å²) in [6, 6.07) is 7.23. The minimum absolute atomic E-state index is 0.180. The van der Waals surface area contributed by atoms with E-state index in [1.165, 1.54) is 0 Å². The lowest BCUT2D eigenvalue weighted by Crippen LogP contribution is -2.36. The minimum Gasteiger partial charge on any atom is -0.378 e. The molecule has 2 aromatic rings. The topological polar surface area (TPSA) is 99.5 Å². The van der Waals surface area contributed by atoms with Gasteiger partial charge >= 0.3 is 0 Å². The highest BCUT2D eigenvalue weighted by molar-refractivity contribution is 7.89. The van der Waals surface area contributed by atoms with Crippen LogP contribution in [0.2, 0.25) is 10.0 Å². The summed E-state index contributed by atoms with van der Waals surface area (Å²) in [7, 11) is -3.76. The predicted octanol–water partition coefficient (Wildman–Crippen LogP) is 3.04. The number of amides is 1. The summed E-state index contributed by atoms with van der Waals surface area (Å²) >= 11 is 13.2. The Labute approximate surface area is 182 Å². The van der Waals surface area contributed by atoms with Gasteiger partial charge in [0.05, 0.1) is 40.0 Å². The number of thiophene rings is 1. The van der Waals surface area contributed by atoms with Gasteiger partial charge in [-0.1, -0.05) is 29.3 Å². The van der Waals surface area contributed by atoms with Crippen molar-refractivity contribution in [3.05, 3.63) is 49.8 Å². The number of carbonyl (C=O) groups excluding carboxylic acids is 1. The van der Waals surface area contributed by atoms with Crippen LogP contribution >= 0.6 is 34.5 Å². The number of hydrogen-bond donors (Lipinski definition) is 1. The van der Waals surface area contributed by atoms with Gasteiger partial charge in [0.15, 0.2) is 0 Å². The predicted molar refractivity (Wildman–Crippen MR) is 114 cm³/mol. The molecule has 1 N–H and O–H groups in total. The van der Waals surface area contributed by atoms with Crippen molar-refractivity contribution in [1.82, 2.24) is 4.72 Å². The van der Waals surface area contributed by atoms with E-state index < -0.39 is 15.9 Å². The molecule has 1 aromatic carbocycles. The van der Waals surface area contributed by atoms with Crippen molar-refractivity contribution in [3.63, 3.8) is 0 Å². The Hall–Kier alpha value is -1.83. The minimum atomic E-state index is -3.76. The smallest absolute Gasteiger partial charge is 0.275 e. The van der Waals surface area contributed by atoms with Gasteiger partial charge in [-0.25, -0.2) is 13.1 Å². The van der Waals surface area contributed by atoms with Crippen LogP contribution in [-0.4, -0.2) is 46.9 Å². The molecule has 1 saturated heterocycles. The van der Waals surface area contributed by atoms with Crippen molar-refractivity contribution in [3.8, 4) is 6.07 Å². The normalized spacial score (nSPS) is 14.5. The lowest BCUT2D eigenvalue weighted by molar-refractivity contribution is 0.0985. The molecule has 0 saturated carbocycles. The van der Waals surface area contributed by atoms with Crippen molar-refractivity contribution in [2.45, 2.75) is 6.42 Å². The van der Waals surface area contributed by atoms with Crippen LogP contribution < -0.4 is 9.62 Å². The maximum absolute atomic E-state index is 12.7. The second kappa shape index (κ2) is 8.90. The quantitative estimate of drug-likeness (QED) is 0.715. The first kappa shape index (κ1) is 21.9. The molecule has 1 aliphatic rings. The van der Waals surface area contributed by atoms with E-state index in [1.807, 2.05) is 9.62 Å². The third kappa shape index (κ3) is 5.21. The SMILES string of the molecule is CS(=O)(=O)NC(=O)c1sc(N2CCOCC2)c(C#N)c1Cc1ccc(Cl)c(Cl)c1. The lowest BCUT2D eigenvalue weighted by atomic mass is 10.0. The van der Waals surface area contributed by atoms with Crippen molar-refractivity contribution in [2.24, 2.45) is 0 Å². The number of nitriles is 1. The van der Waals surface area contributed by atoms with Crippen LogP contribution in [0.15, 0.2) is 18.2 Å². The van der Waals surface area contributed by atoms with Gasteiger partial charge in [0.25, 0.3) is 5.91 Å². The zero-order valence-corrected chi connectivity index (χ0v) is 18.5. The molecule has 0 spiro atoms. The molecule has 0 radical (unpaired) electrons. The fraction of sp³-hybridized carbons (Fsp3) is 0.333. The average Bonchev–Trinajstić information content (AvgIpc) is 3.02. The number of morpholine rings is 1. The molecule has 2 heterocycles. The second-order valence-corrected chi connectivity index (χ2v) is 9.99. The van der Waals surface area contributed by atoms with E-state index in [4.69, 9.17) is 27.9 Å². The van der Waals surface area contributed by atoms with Gasteiger partial charge in [0, 0.05) is 25.1 Å². The standard InChI is InChI=1S/C18H17Cl2N3O4S2/c1-29(25,26)22-17(24)16-12(8-11-2-3-14(19)15(20)9-11)13(10-21)18(28-16)23-4-6-27-7-5-23/h2-3,9H,4-8H2,1H3,(H,22,24). The highest BCUT2D eigenvalue weighted by Gasteiger charge is 2.28. The molecule has 154 valence electrons. The summed E-state index contributed by atoms with van der Waals surface area (Å²) in [5.41, 5.74) is 1.55. The number of rotatable bonds is 5. The van der Waals surface area contributed by atoms with Crippen LogP contribution in [0.4, 0.5) is 5.00 Å². The summed E-state index contributed by atoms with van der Waals surface area (Å²) < 4.78 is 30.5. The Kier molecular flexibility index (Phi) is 6.71. The summed E-state index contributed by atoms with van der Waals surface area (Å²) in [5.74, 6) is -0.761. The van der Waals surface area contributed by atoms with Gasteiger partial charge in [-0.2, -0.15) is 5.26 Å². The van der Waals surface area contributed by atoms with Crippen LogP contribution in [0, 0.1) is 11.3 Å². The number of ether oxygens (including phenoxy) is 1. The van der Waals surface area contributed by atoms with Crippen molar-refractivity contribution >= 4 is 55.5 Å². The molecule has 7 nitrogen and oxygen atoms in total. The highest BCUT2D eigenvalue weighted by Crippen LogP contribution is 2.38. The molecular formula is C18H17Cl2N3O4S2. The van der Waals surface area contributed by atoms with Crippen LogP contribution in [0.1, 0.15) is 26.4 Å². The molecule has 0 atom stereocenters. The first-order valence-corrected chi connectivity index (χ1v) is 12.0. The first-order chi connectivity index (χ1) is 13.7. The number of halogens is 2. The number of hydrogen-bond acceptors (Lipinski definition) is 7. The highest BCUT2D eigenvalue weighted by atomic mass is 35.5. The number of nitrogens with one attached hydrogen (secondary N) is 1. The molecule has 0 bridgehead atoms. The monoisotopic (exact) mass is 473 g/mol. The zero-order valence-electron chi connectivity index (χ0n) is 15.4. The van der Waals surface area contributed by atoms with Gasteiger partial charge in [0.1, 0.15) is 11.1 Å². The van der Waals surface area contributed by atoms with E-state index in [9.17, 15) is 18.5 Å². The fourth-order valence-electron chi connectivity index (χ4n) is 2.98. The van der Waals surface area contributed by atoms with Crippen LogP contribution in [-0.2, 0) is 21.2 Å². The van der Waals surface area contributed by atoms with Crippen LogP contribution in [0.25, 0.3) is 0 Å². The largest absolute Gasteiger partial charge is 0.378 e. The zero-order chi connectivity index (χ0) is 21.2. The van der Waals surface area contributed by atoms with Crippen molar-refractivity contribution in [2.75, 3.05) is 37.5 Å². The van der Waals surface area contributed by atoms with Crippen LogP contribution in [0.5, 0.6) is 0 Å². The molecule has 0 unspecified atom stereocenters. The van der Waals surface area contributed by atoms with E-state index in [1.54, 1.807) is 18.2 Å². The molecule has 1 fully saturated rings. The molecule has 1 aromatic heterocycles. The summed E-state index contributed by atoms with van der Waals surface area (Å²) in [6.07, 6.45) is 1.14. The number of nitrogens with zero attached hydrogens (tertiary/aromatic N) is 2. The van der Waals surface area contributed by atoms with Gasteiger partial charge in [0.2, 0.25) is 10.0 Å². The summed E-state index contributed by atoms with van der Waals surface area (Å²) in [5, 5.41) is 11.2. The van der Waals surface area contributed by atoms with E-state index in [2.05, 4.69) is 6.07 Å². The summed E-state index contributed by atoms with van der Waals surface area (Å²) in [6.45, 7) is 2.18. The number of carbonyl (C=O) groups is 1. The van der Waals surface area contributed by atoms with Gasteiger partial charge < -0.3 is 9.64 Å². The van der Waals surface area contributed by atoms with Gasteiger partial charge in [-0.15, -0.1) is 11.3 Å². The van der Waals surface area contributed by atoms with Crippen LogP contribution in [0.3, 0.4) is 0 Å². The Balaban J connectivity index is 2.09. The van der Waals surface area contributed by atoms with Crippen molar-refractivity contribution in [1.29, 1.82) is 5.26 Å². The van der Waals surface area contributed by atoms with E-state index >= 15 is 0 Å². The molecule has 11 heteroatoms. The van der Waals surface area contributed by atoms with E-state index in [0.717, 1.165) is 23.2 Å². The first-order valence-electron chi connectivity index (χ1n) is 8.54. The molecule has 1 aliphatic heterocycles. The lowest BCUT2D eigenvalue weighted by Gasteiger charge is -2.27. The Morgan fingerprint density at radius 1 is 1.31 bits per heavy atom. The number of benzene rings is 1. The molecule has 0 aliphatic carbocycles. The van der Waals surface area contributed by atoms with E-state index in [-0.39, 0.29) is 11.3 Å². The van der Waals surface area contributed by atoms with E-state index in [0.29, 0.717) is 52.5 Å². The molecule has 1 amide bonds. The summed E-state index contributed by atoms with van der Waals surface area (Å²) in [4.78, 5) is 14.8. The average molecular weight is 474 g/mol. The number of sulfonamides is 1. The maximum atomic E-state index is 12.7. The second-order valence-electron chi connectivity index (χ2n) is 6.43. The van der Waals surface area contributed by atoms with Gasteiger partial charge in [-0.3, -0.25) is 4.79 Å². The Morgan fingerprint density at radius 3 is 2.59 bits per heavy atom. The third-order valence-electron chi connectivity index (χ3n) is 4.25. The van der Waals surface area contributed by atoms with Gasteiger partial charge in [-0.05, 0) is 17.7 Å². The van der Waals surface area contributed by atoms with Crippen molar-refractivity contribution < 1.29 is 17.9 Å². The maximum Gasteiger partial charge on any atom is 0.275 e. The molecule has 29 heavy (non-hydrogen) atoms. The Morgan fingerprint density at radius 2 is 2.00 bits per heavy atom. The third-order valence-corrected chi connectivity index (χ3v) is 6.83. The Bertz CT molecular complexity index is 1090. The fourth-order valence-corrected chi connectivity index (χ4v) is 5.02. The molecule has 3 rings (SSSR count).